The Bertz CT molecular complexity index is 2010. The number of methoxy groups -OCH3 is 1. The number of carbonyl (C=O) groups is 1. The molecule has 0 radical (unpaired) electrons. The SMILES string of the molecule is COc1cc(/C=N\NC(=O)c2ccccc2N(Cc2ccccc2)S(=O)(=O)c2ccccc2)cc(Br)c1OCc1ccc(Cl)cc1Cl. The summed E-state index contributed by atoms with van der Waals surface area (Å²) in [6.07, 6.45) is 1.44. The van der Waals surface area contributed by atoms with Crippen LogP contribution in [0, 0.1) is 0 Å². The standard InChI is InChI=1S/C35H28BrCl2N3O5S/c1-45-33-19-25(18-30(36)34(33)46-23-26-16-17-27(37)20-31(26)38)21-39-40-35(42)29-14-8-9-15-32(29)41(22-24-10-4-2-5-11-24)47(43,44)28-12-6-3-7-13-28/h2-21H,22-23H2,1H3,(H,40,42)/b39-21-. The van der Waals surface area contributed by atoms with Gasteiger partial charge in [-0.25, -0.2) is 13.8 Å². The maximum Gasteiger partial charge on any atom is 0.273 e. The molecule has 1 N–H and O–H groups in total. The van der Waals surface area contributed by atoms with Crippen LogP contribution in [0.15, 0.2) is 130 Å². The minimum absolute atomic E-state index is 0.0120. The number of rotatable bonds is 12. The summed E-state index contributed by atoms with van der Waals surface area (Å²) in [6.45, 7) is 0.188. The predicted octanol–water partition coefficient (Wildman–Crippen LogP) is 8.50. The molecule has 0 heterocycles. The monoisotopic (exact) mass is 751 g/mol. The van der Waals surface area contributed by atoms with Gasteiger partial charge in [-0.15, -0.1) is 0 Å². The van der Waals surface area contributed by atoms with Gasteiger partial charge in [-0.1, -0.05) is 89.9 Å². The first-order chi connectivity index (χ1) is 22.7. The van der Waals surface area contributed by atoms with Crippen molar-refractivity contribution in [2.24, 2.45) is 5.10 Å². The second-order valence-corrected chi connectivity index (χ2v) is 13.6. The molecule has 47 heavy (non-hydrogen) atoms. The lowest BCUT2D eigenvalue weighted by Crippen LogP contribution is -2.33. The molecule has 8 nitrogen and oxygen atoms in total. The molecule has 1 amide bonds. The molecule has 0 saturated heterocycles. The van der Waals surface area contributed by atoms with Crippen LogP contribution in [-0.4, -0.2) is 27.6 Å². The summed E-state index contributed by atoms with van der Waals surface area (Å²) >= 11 is 15.8. The van der Waals surface area contributed by atoms with E-state index >= 15 is 0 Å². The van der Waals surface area contributed by atoms with Gasteiger partial charge >= 0.3 is 0 Å². The van der Waals surface area contributed by atoms with Crippen molar-refractivity contribution in [2.45, 2.75) is 18.0 Å². The summed E-state index contributed by atoms with van der Waals surface area (Å²) < 4.78 is 41.2. The third-order valence-electron chi connectivity index (χ3n) is 6.94. The normalized spacial score (nSPS) is 11.3. The van der Waals surface area contributed by atoms with E-state index in [4.69, 9.17) is 32.7 Å². The molecule has 0 aliphatic heterocycles. The van der Waals surface area contributed by atoms with Gasteiger partial charge in [-0.3, -0.25) is 9.10 Å². The zero-order valence-corrected chi connectivity index (χ0v) is 28.9. The number of para-hydroxylation sites is 1. The number of amides is 1. The fourth-order valence-electron chi connectivity index (χ4n) is 4.62. The van der Waals surface area contributed by atoms with Crippen LogP contribution in [0.4, 0.5) is 5.69 Å². The van der Waals surface area contributed by atoms with Crippen LogP contribution in [0.1, 0.15) is 27.0 Å². The molecule has 5 rings (SSSR count). The van der Waals surface area contributed by atoms with Crippen molar-refractivity contribution >= 4 is 67.0 Å². The molecule has 0 aliphatic rings. The van der Waals surface area contributed by atoms with Gasteiger partial charge in [0.1, 0.15) is 6.61 Å². The maximum absolute atomic E-state index is 13.9. The van der Waals surface area contributed by atoms with Crippen molar-refractivity contribution in [2.75, 3.05) is 11.4 Å². The number of carbonyl (C=O) groups excluding carboxylic acids is 1. The van der Waals surface area contributed by atoms with Crippen LogP contribution < -0.4 is 19.2 Å². The van der Waals surface area contributed by atoms with Crippen molar-refractivity contribution in [3.05, 3.63) is 152 Å². The lowest BCUT2D eigenvalue weighted by molar-refractivity contribution is 0.0955. The topological polar surface area (TPSA) is 97.3 Å². The number of benzene rings is 5. The summed E-state index contributed by atoms with van der Waals surface area (Å²) in [5.74, 6) is 0.279. The second-order valence-electron chi connectivity index (χ2n) is 10.1. The molecule has 0 aromatic heterocycles. The molecule has 5 aromatic rings. The van der Waals surface area contributed by atoms with Crippen LogP contribution in [-0.2, 0) is 23.2 Å². The molecule has 0 atom stereocenters. The first-order valence-electron chi connectivity index (χ1n) is 14.2. The molecule has 0 fully saturated rings. The number of ether oxygens (including phenoxy) is 2. The van der Waals surface area contributed by atoms with E-state index in [0.29, 0.717) is 31.6 Å². The van der Waals surface area contributed by atoms with Gasteiger partial charge in [0, 0.05) is 15.6 Å². The highest BCUT2D eigenvalue weighted by Crippen LogP contribution is 2.37. The Morgan fingerprint density at radius 2 is 1.60 bits per heavy atom. The lowest BCUT2D eigenvalue weighted by atomic mass is 10.1. The minimum atomic E-state index is -4.04. The van der Waals surface area contributed by atoms with E-state index in [1.165, 1.54) is 29.8 Å². The Morgan fingerprint density at radius 3 is 2.30 bits per heavy atom. The zero-order chi connectivity index (χ0) is 33.4. The van der Waals surface area contributed by atoms with Crippen molar-refractivity contribution in [3.63, 3.8) is 0 Å². The third kappa shape index (κ3) is 8.33. The number of anilines is 1. The molecule has 0 spiro atoms. The van der Waals surface area contributed by atoms with Crippen LogP contribution in [0.5, 0.6) is 11.5 Å². The third-order valence-corrected chi connectivity index (χ3v) is 9.89. The van der Waals surface area contributed by atoms with Crippen molar-refractivity contribution in [3.8, 4) is 11.5 Å². The van der Waals surface area contributed by atoms with Crippen molar-refractivity contribution in [1.82, 2.24) is 5.43 Å². The van der Waals surface area contributed by atoms with E-state index in [-0.39, 0.29) is 29.3 Å². The average Bonchev–Trinajstić information content (AvgIpc) is 3.08. The lowest BCUT2D eigenvalue weighted by Gasteiger charge is -2.26. The van der Waals surface area contributed by atoms with E-state index in [9.17, 15) is 13.2 Å². The Kier molecular flexibility index (Phi) is 11.2. The van der Waals surface area contributed by atoms with E-state index in [0.717, 1.165) is 11.1 Å². The minimum Gasteiger partial charge on any atom is -0.493 e. The van der Waals surface area contributed by atoms with Gasteiger partial charge in [0.05, 0.1) is 40.5 Å². The number of nitrogens with one attached hydrogen (secondary N) is 1. The van der Waals surface area contributed by atoms with Crippen LogP contribution in [0.2, 0.25) is 10.0 Å². The van der Waals surface area contributed by atoms with E-state index < -0.39 is 15.9 Å². The number of nitrogens with zero attached hydrogens (tertiary/aromatic N) is 2. The molecule has 240 valence electrons. The summed E-state index contributed by atoms with van der Waals surface area (Å²) in [6, 6.07) is 32.4. The largest absolute Gasteiger partial charge is 0.493 e. The highest BCUT2D eigenvalue weighted by atomic mass is 79.9. The van der Waals surface area contributed by atoms with Gasteiger partial charge < -0.3 is 9.47 Å². The van der Waals surface area contributed by atoms with Gasteiger partial charge in [0.15, 0.2) is 11.5 Å². The molecule has 5 aromatic carbocycles. The van der Waals surface area contributed by atoms with Crippen LogP contribution >= 0.6 is 39.1 Å². The highest BCUT2D eigenvalue weighted by molar-refractivity contribution is 9.10. The van der Waals surface area contributed by atoms with Gasteiger partial charge in [-0.05, 0) is 75.6 Å². The number of hydrogen-bond donors (Lipinski definition) is 1. The molecule has 0 bridgehead atoms. The average molecular weight is 754 g/mol. The fraction of sp³-hybridized carbons (Fsp3) is 0.0857. The molecular formula is C35H28BrCl2N3O5S. The molecule has 0 aliphatic carbocycles. The first-order valence-corrected chi connectivity index (χ1v) is 17.1. The second kappa shape index (κ2) is 15.5. The summed E-state index contributed by atoms with van der Waals surface area (Å²) in [4.78, 5) is 13.6. The smallest absolute Gasteiger partial charge is 0.273 e. The van der Waals surface area contributed by atoms with E-state index in [1.54, 1.807) is 72.8 Å². The molecule has 12 heteroatoms. The van der Waals surface area contributed by atoms with Crippen LogP contribution in [0.3, 0.4) is 0 Å². The van der Waals surface area contributed by atoms with Crippen LogP contribution in [0.25, 0.3) is 0 Å². The summed E-state index contributed by atoms with van der Waals surface area (Å²) in [7, 11) is -2.54. The molecular weight excluding hydrogens is 725 g/mol. The highest BCUT2D eigenvalue weighted by Gasteiger charge is 2.28. The van der Waals surface area contributed by atoms with Crippen molar-refractivity contribution < 1.29 is 22.7 Å². The number of sulfonamides is 1. The molecule has 0 saturated carbocycles. The first kappa shape index (κ1) is 34.0. The van der Waals surface area contributed by atoms with Crippen molar-refractivity contribution in [1.29, 1.82) is 0 Å². The zero-order valence-electron chi connectivity index (χ0n) is 24.9. The molecule has 0 unspecified atom stereocenters. The fourth-order valence-corrected chi connectivity index (χ4v) is 7.15. The Hall–Kier alpha value is -4.35. The predicted molar refractivity (Wildman–Crippen MR) is 189 cm³/mol. The number of hydrogen-bond acceptors (Lipinski definition) is 6. The summed E-state index contributed by atoms with van der Waals surface area (Å²) in [5.41, 5.74) is 4.95. The van der Waals surface area contributed by atoms with Gasteiger partial charge in [-0.2, -0.15) is 5.10 Å². The number of halogens is 3. The number of hydrazone groups is 1. The quantitative estimate of drug-likeness (QED) is 0.102. The maximum atomic E-state index is 13.9. The van der Waals surface area contributed by atoms with Gasteiger partial charge in [0.25, 0.3) is 15.9 Å². The van der Waals surface area contributed by atoms with Gasteiger partial charge in [0.2, 0.25) is 0 Å². The van der Waals surface area contributed by atoms with E-state index in [2.05, 4.69) is 26.5 Å². The van der Waals surface area contributed by atoms with E-state index in [1.807, 2.05) is 30.3 Å². The summed E-state index contributed by atoms with van der Waals surface area (Å²) in [5, 5.41) is 5.15. The Balaban J connectivity index is 1.37. The Morgan fingerprint density at radius 1 is 0.915 bits per heavy atom. The Labute approximate surface area is 291 Å².